The molecule has 0 unspecified atom stereocenters. The zero-order chi connectivity index (χ0) is 16.0. The summed E-state index contributed by atoms with van der Waals surface area (Å²) in [6.45, 7) is 3.38. The van der Waals surface area contributed by atoms with Gasteiger partial charge >= 0.3 is 0 Å². The average molecular weight is 333 g/mol. The maximum Gasteiger partial charge on any atom is 0.233 e. The average Bonchev–Trinajstić information content (AvgIpc) is 3.46. The molecule has 1 saturated heterocycles. The number of amides is 2. The predicted molar refractivity (Wildman–Crippen MR) is 89.4 cm³/mol. The Kier molecular flexibility index (Phi) is 3.87. The second-order valence-electron chi connectivity index (χ2n) is 7.11. The number of carbonyl (C=O) groups is 2. The van der Waals surface area contributed by atoms with Crippen molar-refractivity contribution in [2.24, 2.45) is 11.8 Å². The van der Waals surface area contributed by atoms with E-state index in [1.165, 1.54) is 0 Å². The van der Waals surface area contributed by atoms with Crippen molar-refractivity contribution in [1.82, 2.24) is 9.88 Å². The Morgan fingerprint density at radius 2 is 2.00 bits per heavy atom. The largest absolute Gasteiger partial charge is 0.342 e. The van der Waals surface area contributed by atoms with Crippen molar-refractivity contribution in [3.05, 3.63) is 11.1 Å². The van der Waals surface area contributed by atoms with Crippen LogP contribution in [0, 0.1) is 18.8 Å². The Balaban J connectivity index is 1.48. The van der Waals surface area contributed by atoms with Crippen molar-refractivity contribution in [2.45, 2.75) is 51.5 Å². The maximum absolute atomic E-state index is 13.1. The number of aromatic nitrogens is 1. The fourth-order valence-corrected chi connectivity index (χ4v) is 4.26. The van der Waals surface area contributed by atoms with Gasteiger partial charge in [0.15, 0.2) is 5.13 Å². The molecule has 0 bridgehead atoms. The minimum absolute atomic E-state index is 0.0590. The molecule has 1 aromatic heterocycles. The summed E-state index contributed by atoms with van der Waals surface area (Å²) in [6.07, 6.45) is 6.02. The standard InChI is InChI=1S/C17H23N3O2S/c1-11-10-23-17(18-11)20(14-6-7-14)16(22)13-3-2-8-19(9-13)15(21)12-4-5-12/h10,12-14H,2-9H2,1H3/t13-/m0/s1. The van der Waals surface area contributed by atoms with E-state index in [2.05, 4.69) is 4.98 Å². The molecule has 1 aromatic rings. The van der Waals surface area contributed by atoms with Gasteiger partial charge in [-0.3, -0.25) is 14.5 Å². The van der Waals surface area contributed by atoms with Crippen LogP contribution in [0.25, 0.3) is 0 Å². The molecule has 0 radical (unpaired) electrons. The number of nitrogens with zero attached hydrogens (tertiary/aromatic N) is 3. The first-order valence-electron chi connectivity index (χ1n) is 8.67. The highest BCUT2D eigenvalue weighted by Crippen LogP contribution is 2.37. The SMILES string of the molecule is Cc1csc(N(C(=O)[C@H]2CCCN(C(=O)C3CC3)C2)C2CC2)n1. The number of carbonyl (C=O) groups excluding carboxylic acids is 2. The van der Waals surface area contributed by atoms with Gasteiger partial charge < -0.3 is 4.90 Å². The Bertz CT molecular complexity index is 621. The van der Waals surface area contributed by atoms with Crippen LogP contribution in [0.4, 0.5) is 5.13 Å². The molecular formula is C17H23N3O2S. The van der Waals surface area contributed by atoms with E-state index in [9.17, 15) is 9.59 Å². The van der Waals surface area contributed by atoms with Crippen LogP contribution < -0.4 is 4.90 Å². The van der Waals surface area contributed by atoms with Gasteiger partial charge in [-0.2, -0.15) is 0 Å². The summed E-state index contributed by atoms with van der Waals surface area (Å²) in [5.41, 5.74) is 0.970. The van der Waals surface area contributed by atoms with Crippen molar-refractivity contribution in [3.8, 4) is 0 Å². The molecule has 23 heavy (non-hydrogen) atoms. The van der Waals surface area contributed by atoms with Gasteiger partial charge in [0.25, 0.3) is 0 Å². The topological polar surface area (TPSA) is 53.5 Å². The molecule has 6 heteroatoms. The Hall–Kier alpha value is -1.43. The van der Waals surface area contributed by atoms with Gasteiger partial charge in [0.05, 0.1) is 11.6 Å². The van der Waals surface area contributed by atoms with Gasteiger partial charge in [0.1, 0.15) is 0 Å². The minimum Gasteiger partial charge on any atom is -0.342 e. The molecule has 2 amide bonds. The first-order chi connectivity index (χ1) is 11.1. The number of hydrogen-bond donors (Lipinski definition) is 0. The van der Waals surface area contributed by atoms with Crippen LogP contribution in [0.2, 0.25) is 0 Å². The molecule has 0 spiro atoms. The summed E-state index contributed by atoms with van der Waals surface area (Å²) in [4.78, 5) is 33.8. The van der Waals surface area contributed by atoms with E-state index in [0.717, 1.165) is 55.9 Å². The quantitative estimate of drug-likeness (QED) is 0.851. The van der Waals surface area contributed by atoms with E-state index in [-0.39, 0.29) is 23.7 Å². The Morgan fingerprint density at radius 1 is 1.22 bits per heavy atom. The predicted octanol–water partition coefficient (Wildman–Crippen LogP) is 2.60. The van der Waals surface area contributed by atoms with Gasteiger partial charge in [-0.05, 0) is 45.4 Å². The second kappa shape index (κ2) is 5.89. The zero-order valence-corrected chi connectivity index (χ0v) is 14.3. The molecule has 1 atom stereocenters. The van der Waals surface area contributed by atoms with Crippen LogP contribution >= 0.6 is 11.3 Å². The molecule has 0 aromatic carbocycles. The number of thiazole rings is 1. The first kappa shape index (κ1) is 15.1. The van der Waals surface area contributed by atoms with Gasteiger partial charge in [-0.1, -0.05) is 0 Å². The minimum atomic E-state index is -0.0590. The lowest BCUT2D eigenvalue weighted by Crippen LogP contribution is -2.48. The lowest BCUT2D eigenvalue weighted by Gasteiger charge is -2.34. The van der Waals surface area contributed by atoms with Crippen molar-refractivity contribution >= 4 is 28.3 Å². The molecule has 5 nitrogen and oxygen atoms in total. The van der Waals surface area contributed by atoms with E-state index in [1.54, 1.807) is 11.3 Å². The van der Waals surface area contributed by atoms with Crippen LogP contribution in [0.3, 0.4) is 0 Å². The summed E-state index contributed by atoms with van der Waals surface area (Å²) in [7, 11) is 0. The van der Waals surface area contributed by atoms with Gasteiger partial charge in [-0.15, -0.1) is 11.3 Å². The van der Waals surface area contributed by atoms with Crippen LogP contribution in [-0.2, 0) is 9.59 Å². The maximum atomic E-state index is 13.1. The smallest absolute Gasteiger partial charge is 0.233 e. The molecule has 2 heterocycles. The number of likely N-dealkylation sites (tertiary alicyclic amines) is 1. The van der Waals surface area contributed by atoms with Crippen molar-refractivity contribution in [1.29, 1.82) is 0 Å². The number of aryl methyl sites for hydroxylation is 1. The summed E-state index contributed by atoms with van der Waals surface area (Å²) in [5.74, 6) is 0.627. The summed E-state index contributed by atoms with van der Waals surface area (Å²) in [5, 5.41) is 2.84. The van der Waals surface area contributed by atoms with Crippen molar-refractivity contribution < 1.29 is 9.59 Å². The van der Waals surface area contributed by atoms with Gasteiger partial charge in [0.2, 0.25) is 11.8 Å². The molecule has 124 valence electrons. The van der Waals surface area contributed by atoms with Crippen LogP contribution in [0.5, 0.6) is 0 Å². The lowest BCUT2D eigenvalue weighted by molar-refractivity contribution is -0.136. The summed E-state index contributed by atoms with van der Waals surface area (Å²) < 4.78 is 0. The fraction of sp³-hybridized carbons (Fsp3) is 0.706. The van der Waals surface area contributed by atoms with Crippen molar-refractivity contribution in [2.75, 3.05) is 18.0 Å². The Labute approximate surface area is 140 Å². The van der Waals surface area contributed by atoms with Gasteiger partial charge in [0, 0.05) is 30.4 Å². The van der Waals surface area contributed by atoms with E-state index < -0.39 is 0 Å². The Morgan fingerprint density at radius 3 is 2.61 bits per heavy atom. The highest BCUT2D eigenvalue weighted by atomic mass is 32.1. The van der Waals surface area contributed by atoms with Crippen molar-refractivity contribution in [3.63, 3.8) is 0 Å². The first-order valence-corrected chi connectivity index (χ1v) is 9.55. The van der Waals surface area contributed by atoms with E-state index in [1.807, 2.05) is 22.1 Å². The van der Waals surface area contributed by atoms with Crippen LogP contribution in [-0.4, -0.2) is 40.8 Å². The molecule has 4 rings (SSSR count). The molecule has 0 N–H and O–H groups in total. The fourth-order valence-electron chi connectivity index (χ4n) is 3.38. The third-order valence-corrected chi connectivity index (χ3v) is 5.93. The monoisotopic (exact) mass is 333 g/mol. The van der Waals surface area contributed by atoms with Crippen LogP contribution in [0.1, 0.15) is 44.2 Å². The molecule has 1 aliphatic heterocycles. The molecule has 3 aliphatic rings. The van der Waals surface area contributed by atoms with E-state index >= 15 is 0 Å². The van der Waals surface area contributed by atoms with Gasteiger partial charge in [-0.25, -0.2) is 4.98 Å². The third kappa shape index (κ3) is 3.13. The lowest BCUT2D eigenvalue weighted by atomic mass is 9.96. The van der Waals surface area contributed by atoms with E-state index in [4.69, 9.17) is 0 Å². The second-order valence-corrected chi connectivity index (χ2v) is 7.95. The summed E-state index contributed by atoms with van der Waals surface area (Å²) >= 11 is 1.55. The number of hydrogen-bond acceptors (Lipinski definition) is 4. The number of piperidine rings is 1. The highest BCUT2D eigenvalue weighted by Gasteiger charge is 2.41. The normalized spacial score (nSPS) is 24.6. The third-order valence-electron chi connectivity index (χ3n) is 4.97. The molecular weight excluding hydrogens is 310 g/mol. The molecule has 3 fully saturated rings. The molecule has 2 saturated carbocycles. The number of rotatable bonds is 4. The van der Waals surface area contributed by atoms with E-state index in [0.29, 0.717) is 12.6 Å². The number of anilines is 1. The van der Waals surface area contributed by atoms with Crippen LogP contribution in [0.15, 0.2) is 5.38 Å². The zero-order valence-electron chi connectivity index (χ0n) is 13.5. The molecule has 2 aliphatic carbocycles. The summed E-state index contributed by atoms with van der Waals surface area (Å²) in [6, 6.07) is 0.322. The highest BCUT2D eigenvalue weighted by molar-refractivity contribution is 7.14.